The summed E-state index contributed by atoms with van der Waals surface area (Å²) >= 11 is 1.70. The number of nitrogens with one attached hydrogen (secondary N) is 1. The van der Waals surface area contributed by atoms with Crippen molar-refractivity contribution in [1.82, 2.24) is 20.1 Å². The lowest BCUT2D eigenvalue weighted by Crippen LogP contribution is -2.42. The minimum atomic E-state index is -0.229. The predicted octanol–water partition coefficient (Wildman–Crippen LogP) is 2.70. The highest BCUT2D eigenvalue weighted by Gasteiger charge is 2.29. The Labute approximate surface area is 146 Å². The zero-order valence-corrected chi connectivity index (χ0v) is 15.2. The lowest BCUT2D eigenvalue weighted by atomic mass is 9.96. The lowest BCUT2D eigenvalue weighted by molar-refractivity contribution is -0.139. The van der Waals surface area contributed by atoms with Gasteiger partial charge in [-0.25, -0.2) is 4.98 Å². The van der Waals surface area contributed by atoms with Crippen molar-refractivity contribution in [1.29, 1.82) is 0 Å². The van der Waals surface area contributed by atoms with E-state index < -0.39 is 0 Å². The van der Waals surface area contributed by atoms with E-state index in [1.165, 1.54) is 4.88 Å². The second kappa shape index (κ2) is 7.03. The summed E-state index contributed by atoms with van der Waals surface area (Å²) in [7, 11) is 0. The SMILES string of the molecule is CC(C)(C)c1n[nH]c([C@H]2CN(C(=O)CCc3cccs3)CCO2)n1. The summed E-state index contributed by atoms with van der Waals surface area (Å²) in [5.74, 6) is 1.64. The maximum absolute atomic E-state index is 12.5. The molecule has 1 N–H and O–H groups in total. The fraction of sp³-hybridized carbons (Fsp3) is 0.588. The van der Waals surface area contributed by atoms with E-state index in [4.69, 9.17) is 4.74 Å². The first-order chi connectivity index (χ1) is 11.4. The number of carbonyl (C=O) groups excluding carboxylic acids is 1. The van der Waals surface area contributed by atoms with Gasteiger partial charge in [-0.05, 0) is 17.9 Å². The molecule has 2 aromatic rings. The Balaban J connectivity index is 1.59. The summed E-state index contributed by atoms with van der Waals surface area (Å²) in [5.41, 5.74) is -0.111. The van der Waals surface area contributed by atoms with E-state index in [-0.39, 0.29) is 17.4 Å². The number of aromatic amines is 1. The number of hydrogen-bond donors (Lipinski definition) is 1. The van der Waals surface area contributed by atoms with Gasteiger partial charge >= 0.3 is 0 Å². The van der Waals surface area contributed by atoms with E-state index in [0.717, 1.165) is 12.2 Å². The predicted molar refractivity (Wildman–Crippen MR) is 93.0 cm³/mol. The summed E-state index contributed by atoms with van der Waals surface area (Å²) < 4.78 is 5.80. The Morgan fingerprint density at radius 1 is 1.50 bits per heavy atom. The molecule has 3 heterocycles. The van der Waals surface area contributed by atoms with E-state index in [1.807, 2.05) is 16.3 Å². The smallest absolute Gasteiger partial charge is 0.223 e. The Kier molecular flexibility index (Phi) is 5.01. The Morgan fingerprint density at radius 3 is 3.00 bits per heavy atom. The van der Waals surface area contributed by atoms with Gasteiger partial charge in [0.1, 0.15) is 6.10 Å². The third-order valence-electron chi connectivity index (χ3n) is 4.06. The van der Waals surface area contributed by atoms with Crippen LogP contribution in [0, 0.1) is 0 Å². The van der Waals surface area contributed by atoms with Crippen molar-refractivity contribution in [2.24, 2.45) is 0 Å². The van der Waals surface area contributed by atoms with Gasteiger partial charge in [0.15, 0.2) is 11.6 Å². The normalized spacial score (nSPS) is 18.8. The third kappa shape index (κ3) is 4.02. The van der Waals surface area contributed by atoms with Crippen LogP contribution in [0.2, 0.25) is 0 Å². The van der Waals surface area contributed by atoms with Crippen LogP contribution in [0.5, 0.6) is 0 Å². The number of amides is 1. The molecular formula is C17H24N4O2S. The number of carbonyl (C=O) groups is 1. The van der Waals surface area contributed by atoms with Gasteiger partial charge in [-0.3, -0.25) is 9.89 Å². The Morgan fingerprint density at radius 2 is 2.33 bits per heavy atom. The number of H-pyrrole nitrogens is 1. The largest absolute Gasteiger partial charge is 0.367 e. The molecule has 130 valence electrons. The van der Waals surface area contributed by atoms with Crippen molar-refractivity contribution in [3.63, 3.8) is 0 Å². The van der Waals surface area contributed by atoms with Crippen LogP contribution in [0.15, 0.2) is 17.5 Å². The second-order valence-electron chi connectivity index (χ2n) is 7.07. The van der Waals surface area contributed by atoms with Crippen molar-refractivity contribution < 1.29 is 9.53 Å². The van der Waals surface area contributed by atoms with Gasteiger partial charge in [-0.1, -0.05) is 26.8 Å². The molecule has 0 bridgehead atoms. The minimum absolute atomic E-state index is 0.111. The molecule has 0 spiro atoms. The van der Waals surface area contributed by atoms with Crippen LogP contribution >= 0.6 is 11.3 Å². The molecule has 0 unspecified atom stereocenters. The molecule has 1 fully saturated rings. The van der Waals surface area contributed by atoms with E-state index in [9.17, 15) is 4.79 Å². The topological polar surface area (TPSA) is 71.1 Å². The van der Waals surface area contributed by atoms with Crippen molar-refractivity contribution in [3.8, 4) is 0 Å². The number of aryl methyl sites for hydroxylation is 1. The number of morpholine rings is 1. The summed E-state index contributed by atoms with van der Waals surface area (Å²) in [5, 5.41) is 9.30. The van der Waals surface area contributed by atoms with Gasteiger partial charge in [-0.15, -0.1) is 11.3 Å². The van der Waals surface area contributed by atoms with Crippen LogP contribution in [0.1, 0.15) is 49.8 Å². The number of thiophene rings is 1. The Bertz CT molecular complexity index is 675. The summed E-state index contributed by atoms with van der Waals surface area (Å²) in [6.45, 7) is 7.91. The fourth-order valence-electron chi connectivity index (χ4n) is 2.64. The molecule has 6 nitrogen and oxygen atoms in total. The van der Waals surface area contributed by atoms with E-state index >= 15 is 0 Å². The molecule has 24 heavy (non-hydrogen) atoms. The highest BCUT2D eigenvalue weighted by molar-refractivity contribution is 7.09. The highest BCUT2D eigenvalue weighted by atomic mass is 32.1. The molecule has 0 radical (unpaired) electrons. The number of nitrogens with zero attached hydrogens (tertiary/aromatic N) is 3. The number of ether oxygens (including phenoxy) is 1. The van der Waals surface area contributed by atoms with Crippen LogP contribution in [0.3, 0.4) is 0 Å². The van der Waals surface area contributed by atoms with Crippen LogP contribution < -0.4 is 0 Å². The first kappa shape index (κ1) is 17.1. The van der Waals surface area contributed by atoms with Crippen LogP contribution in [0.4, 0.5) is 0 Å². The van der Waals surface area contributed by atoms with Crippen molar-refractivity contribution in [3.05, 3.63) is 34.0 Å². The molecular weight excluding hydrogens is 324 g/mol. The van der Waals surface area contributed by atoms with E-state index in [0.29, 0.717) is 31.9 Å². The fourth-order valence-corrected chi connectivity index (χ4v) is 3.35. The molecule has 1 atom stereocenters. The summed E-state index contributed by atoms with van der Waals surface area (Å²) in [4.78, 5) is 20.1. The van der Waals surface area contributed by atoms with Gasteiger partial charge in [-0.2, -0.15) is 5.10 Å². The van der Waals surface area contributed by atoms with Gasteiger partial charge < -0.3 is 9.64 Å². The first-order valence-corrected chi connectivity index (χ1v) is 9.16. The monoisotopic (exact) mass is 348 g/mol. The van der Waals surface area contributed by atoms with Crippen LogP contribution in [-0.2, 0) is 21.4 Å². The van der Waals surface area contributed by atoms with Crippen molar-refractivity contribution >= 4 is 17.2 Å². The maximum atomic E-state index is 12.5. The average Bonchev–Trinajstić information content (AvgIpc) is 3.23. The molecule has 2 aromatic heterocycles. The van der Waals surface area contributed by atoms with E-state index in [2.05, 4.69) is 42.0 Å². The molecule has 7 heteroatoms. The minimum Gasteiger partial charge on any atom is -0.367 e. The number of aromatic nitrogens is 3. The van der Waals surface area contributed by atoms with E-state index in [1.54, 1.807) is 11.3 Å². The zero-order valence-electron chi connectivity index (χ0n) is 14.4. The van der Waals surface area contributed by atoms with Crippen LogP contribution in [-0.4, -0.2) is 45.7 Å². The highest BCUT2D eigenvalue weighted by Crippen LogP contribution is 2.23. The number of rotatable bonds is 4. The van der Waals surface area contributed by atoms with Crippen molar-refractivity contribution in [2.75, 3.05) is 19.7 Å². The number of hydrogen-bond acceptors (Lipinski definition) is 5. The molecule has 1 amide bonds. The second-order valence-corrected chi connectivity index (χ2v) is 8.11. The van der Waals surface area contributed by atoms with Gasteiger partial charge in [0, 0.05) is 23.3 Å². The van der Waals surface area contributed by atoms with Gasteiger partial charge in [0.2, 0.25) is 5.91 Å². The van der Waals surface area contributed by atoms with Gasteiger partial charge in [0.05, 0.1) is 13.2 Å². The average molecular weight is 348 g/mol. The molecule has 0 aliphatic carbocycles. The molecule has 1 aliphatic heterocycles. The molecule has 1 aliphatic rings. The summed E-state index contributed by atoms with van der Waals surface area (Å²) in [6, 6.07) is 4.09. The third-order valence-corrected chi connectivity index (χ3v) is 5.00. The lowest BCUT2D eigenvalue weighted by Gasteiger charge is -2.32. The molecule has 0 saturated carbocycles. The van der Waals surface area contributed by atoms with Gasteiger partial charge in [0.25, 0.3) is 0 Å². The standard InChI is InChI=1S/C17H24N4O2S/c1-17(2,3)16-18-15(19-20-16)13-11-21(8-9-23-13)14(22)7-6-12-5-4-10-24-12/h4-5,10,13H,6-9,11H2,1-3H3,(H,18,19,20)/t13-/m1/s1. The van der Waals surface area contributed by atoms with Crippen LogP contribution in [0.25, 0.3) is 0 Å². The van der Waals surface area contributed by atoms with Crippen molar-refractivity contribution in [2.45, 2.75) is 45.1 Å². The molecule has 0 aromatic carbocycles. The summed E-state index contributed by atoms with van der Waals surface area (Å²) in [6.07, 6.45) is 1.11. The Hall–Kier alpha value is -1.73. The molecule has 3 rings (SSSR count). The molecule has 1 saturated heterocycles. The maximum Gasteiger partial charge on any atom is 0.223 e. The quantitative estimate of drug-likeness (QED) is 0.922. The zero-order chi connectivity index (χ0) is 17.2. The first-order valence-electron chi connectivity index (χ1n) is 8.28.